The Bertz CT molecular complexity index is 1270. The van der Waals surface area contributed by atoms with Crippen LogP contribution in [0.15, 0.2) is 48.7 Å². The SMILES string of the molecule is COc1cc2c(Oc3ccc(NC(=O)NCCC(C)(C)C)cc3)ccnc2cc1OCCN1CCC(CCO)CC1. The first-order chi connectivity index (χ1) is 19.7. The molecular weight excluding hydrogens is 520 g/mol. The molecule has 0 radical (unpaired) electrons. The summed E-state index contributed by atoms with van der Waals surface area (Å²) in [5.74, 6) is 3.18. The molecule has 3 N–H and O–H groups in total. The van der Waals surface area contributed by atoms with Crippen LogP contribution in [0, 0.1) is 11.3 Å². The summed E-state index contributed by atoms with van der Waals surface area (Å²) in [6.07, 6.45) is 5.76. The summed E-state index contributed by atoms with van der Waals surface area (Å²) < 4.78 is 18.0. The zero-order valence-corrected chi connectivity index (χ0v) is 24.7. The van der Waals surface area contributed by atoms with Gasteiger partial charge in [0.15, 0.2) is 11.5 Å². The van der Waals surface area contributed by atoms with E-state index in [0.717, 1.165) is 56.2 Å². The van der Waals surface area contributed by atoms with E-state index in [0.29, 0.717) is 47.8 Å². The van der Waals surface area contributed by atoms with Crippen LogP contribution in [0.2, 0.25) is 0 Å². The molecule has 3 aromatic rings. The van der Waals surface area contributed by atoms with Gasteiger partial charge in [0.05, 0.1) is 12.6 Å². The number of urea groups is 1. The highest BCUT2D eigenvalue weighted by Gasteiger charge is 2.19. The Labute approximate surface area is 243 Å². The predicted molar refractivity (Wildman–Crippen MR) is 162 cm³/mol. The van der Waals surface area contributed by atoms with Crippen LogP contribution in [0.5, 0.6) is 23.0 Å². The Morgan fingerprint density at radius 3 is 2.51 bits per heavy atom. The summed E-state index contributed by atoms with van der Waals surface area (Å²) in [4.78, 5) is 19.1. The van der Waals surface area contributed by atoms with Crippen LogP contribution in [0.1, 0.15) is 46.5 Å². The molecule has 2 aromatic carbocycles. The number of anilines is 1. The highest BCUT2D eigenvalue weighted by molar-refractivity contribution is 5.89. The van der Waals surface area contributed by atoms with E-state index in [9.17, 15) is 4.79 Å². The fraction of sp³-hybridized carbons (Fsp3) is 0.500. The van der Waals surface area contributed by atoms with Gasteiger partial charge in [-0.3, -0.25) is 9.88 Å². The molecule has 9 heteroatoms. The van der Waals surface area contributed by atoms with Gasteiger partial charge in [0.2, 0.25) is 0 Å². The maximum Gasteiger partial charge on any atom is 0.319 e. The second-order valence-corrected chi connectivity index (χ2v) is 11.8. The molecule has 1 aromatic heterocycles. The van der Waals surface area contributed by atoms with Crippen LogP contribution >= 0.6 is 0 Å². The number of aliphatic hydroxyl groups is 1. The van der Waals surface area contributed by atoms with Gasteiger partial charge in [-0.05, 0) is 86.5 Å². The lowest BCUT2D eigenvalue weighted by atomic mass is 9.92. The Balaban J connectivity index is 1.34. The van der Waals surface area contributed by atoms with E-state index in [1.807, 2.05) is 42.5 Å². The van der Waals surface area contributed by atoms with Crippen molar-refractivity contribution >= 4 is 22.6 Å². The monoisotopic (exact) mass is 564 g/mol. The summed E-state index contributed by atoms with van der Waals surface area (Å²) >= 11 is 0. The van der Waals surface area contributed by atoms with Crippen LogP contribution in [-0.2, 0) is 0 Å². The van der Waals surface area contributed by atoms with Gasteiger partial charge < -0.3 is 30.0 Å². The number of amides is 2. The van der Waals surface area contributed by atoms with Crippen molar-refractivity contribution in [2.24, 2.45) is 11.3 Å². The molecule has 0 unspecified atom stereocenters. The molecule has 1 fully saturated rings. The third-order valence-electron chi connectivity index (χ3n) is 7.40. The van der Waals surface area contributed by atoms with Gasteiger partial charge in [-0.2, -0.15) is 0 Å². The lowest BCUT2D eigenvalue weighted by Gasteiger charge is -2.31. The fourth-order valence-electron chi connectivity index (χ4n) is 4.92. The highest BCUT2D eigenvalue weighted by atomic mass is 16.5. The molecule has 0 saturated carbocycles. The van der Waals surface area contributed by atoms with Crippen molar-refractivity contribution in [1.82, 2.24) is 15.2 Å². The number of hydrogen-bond acceptors (Lipinski definition) is 7. The van der Waals surface area contributed by atoms with E-state index in [-0.39, 0.29) is 18.1 Å². The number of carbonyl (C=O) groups is 1. The van der Waals surface area contributed by atoms with Crippen LogP contribution in [-0.4, -0.2) is 67.5 Å². The lowest BCUT2D eigenvalue weighted by molar-refractivity contribution is 0.138. The predicted octanol–water partition coefficient (Wildman–Crippen LogP) is 6.07. The molecule has 0 aliphatic carbocycles. The van der Waals surface area contributed by atoms with Crippen LogP contribution in [0.25, 0.3) is 10.9 Å². The molecular formula is C32H44N4O5. The molecule has 2 heterocycles. The normalized spacial score (nSPS) is 14.6. The van der Waals surface area contributed by atoms with Crippen LogP contribution in [0.3, 0.4) is 0 Å². The molecule has 222 valence electrons. The van der Waals surface area contributed by atoms with Gasteiger partial charge in [-0.1, -0.05) is 20.8 Å². The largest absolute Gasteiger partial charge is 0.493 e. The van der Waals surface area contributed by atoms with Gasteiger partial charge in [-0.15, -0.1) is 0 Å². The van der Waals surface area contributed by atoms with Gasteiger partial charge in [-0.25, -0.2) is 4.79 Å². The minimum absolute atomic E-state index is 0.168. The summed E-state index contributed by atoms with van der Waals surface area (Å²) in [5, 5.41) is 15.7. The maximum atomic E-state index is 12.2. The summed E-state index contributed by atoms with van der Waals surface area (Å²) in [6, 6.07) is 12.6. The van der Waals surface area contributed by atoms with E-state index in [2.05, 4.69) is 41.3 Å². The number of aliphatic hydroxyl groups excluding tert-OH is 1. The zero-order chi connectivity index (χ0) is 29.2. The summed E-state index contributed by atoms with van der Waals surface area (Å²) in [5.41, 5.74) is 1.60. The van der Waals surface area contributed by atoms with Gasteiger partial charge in [0.1, 0.15) is 18.1 Å². The average Bonchev–Trinajstić information content (AvgIpc) is 2.94. The Morgan fingerprint density at radius 2 is 1.83 bits per heavy atom. The number of aromatic nitrogens is 1. The number of pyridine rings is 1. The number of piperidine rings is 1. The van der Waals surface area contributed by atoms with Crippen molar-refractivity contribution in [2.75, 3.05) is 51.8 Å². The van der Waals surface area contributed by atoms with Crippen molar-refractivity contribution in [3.63, 3.8) is 0 Å². The first-order valence-corrected chi connectivity index (χ1v) is 14.5. The van der Waals surface area contributed by atoms with E-state index >= 15 is 0 Å². The molecule has 0 bridgehead atoms. The molecule has 1 aliphatic heterocycles. The molecule has 0 atom stereocenters. The molecule has 41 heavy (non-hydrogen) atoms. The van der Waals surface area contributed by atoms with Crippen LogP contribution in [0.4, 0.5) is 10.5 Å². The molecule has 2 amide bonds. The Kier molecular flexibility index (Phi) is 10.7. The Morgan fingerprint density at radius 1 is 1.07 bits per heavy atom. The zero-order valence-electron chi connectivity index (χ0n) is 24.7. The number of nitrogens with zero attached hydrogens (tertiary/aromatic N) is 2. The number of likely N-dealkylation sites (tertiary alicyclic amines) is 1. The van der Waals surface area contributed by atoms with Gasteiger partial charge >= 0.3 is 6.03 Å². The smallest absolute Gasteiger partial charge is 0.319 e. The number of hydrogen-bond donors (Lipinski definition) is 3. The first-order valence-electron chi connectivity index (χ1n) is 14.5. The third-order valence-corrected chi connectivity index (χ3v) is 7.40. The summed E-state index contributed by atoms with van der Waals surface area (Å²) in [6.45, 7) is 10.8. The van der Waals surface area contributed by atoms with Crippen molar-refractivity contribution in [2.45, 2.75) is 46.5 Å². The number of nitrogens with one attached hydrogen (secondary N) is 2. The summed E-state index contributed by atoms with van der Waals surface area (Å²) in [7, 11) is 1.63. The minimum Gasteiger partial charge on any atom is -0.493 e. The van der Waals surface area contributed by atoms with Crippen molar-refractivity contribution in [3.8, 4) is 23.0 Å². The quantitative estimate of drug-likeness (QED) is 0.245. The Hall–Kier alpha value is -3.56. The number of carbonyl (C=O) groups excluding carboxylic acids is 1. The lowest BCUT2D eigenvalue weighted by Crippen LogP contribution is -2.36. The minimum atomic E-state index is -0.226. The number of methoxy groups -OCH3 is 1. The van der Waals surface area contributed by atoms with E-state index < -0.39 is 0 Å². The van der Waals surface area contributed by atoms with Crippen LogP contribution < -0.4 is 24.8 Å². The number of rotatable bonds is 12. The molecule has 0 spiro atoms. The second-order valence-electron chi connectivity index (χ2n) is 11.8. The highest BCUT2D eigenvalue weighted by Crippen LogP contribution is 2.37. The van der Waals surface area contributed by atoms with E-state index in [4.69, 9.17) is 19.3 Å². The van der Waals surface area contributed by atoms with E-state index in [1.165, 1.54) is 0 Å². The van der Waals surface area contributed by atoms with E-state index in [1.54, 1.807) is 13.3 Å². The number of fused-ring (bicyclic) bond motifs is 1. The number of benzene rings is 2. The molecule has 9 nitrogen and oxygen atoms in total. The number of ether oxygens (including phenoxy) is 3. The van der Waals surface area contributed by atoms with Crippen molar-refractivity contribution < 1.29 is 24.1 Å². The van der Waals surface area contributed by atoms with Gasteiger partial charge in [0, 0.05) is 43.0 Å². The molecule has 4 rings (SSSR count). The topological polar surface area (TPSA) is 105 Å². The first kappa shape index (κ1) is 30.4. The average molecular weight is 565 g/mol. The van der Waals surface area contributed by atoms with Crippen molar-refractivity contribution in [3.05, 3.63) is 48.7 Å². The standard InChI is InChI=1S/C32H44N4O5/c1-32(2,3)13-15-34-31(38)35-24-5-7-25(8-6-24)41-28-9-14-33-27-22-30(29(39-4)21-26(27)28)40-20-18-36-16-10-23(11-17-36)12-19-37/h5-9,14,21-23,37H,10-13,15-20H2,1-4H3,(H2,34,35,38). The third kappa shape index (κ3) is 9.23. The second kappa shape index (κ2) is 14.4. The molecule has 1 aliphatic rings. The van der Waals surface area contributed by atoms with Gasteiger partial charge in [0.25, 0.3) is 0 Å². The molecule has 1 saturated heterocycles. The maximum absolute atomic E-state index is 12.2. The van der Waals surface area contributed by atoms with Crippen molar-refractivity contribution in [1.29, 1.82) is 0 Å². The fourth-order valence-corrected chi connectivity index (χ4v) is 4.92.